The molecule has 1 heterocycles. The summed E-state index contributed by atoms with van der Waals surface area (Å²) in [5.41, 5.74) is 0. The third-order valence-corrected chi connectivity index (χ3v) is 3.00. The standard InChI is InChI=1S/C7H11N3O5S/c1-2-9-5(3-16-7(9)12)6(11)8-4-15-10(13)14/h5H,2-4H2,1H3,(H,8,11)/t5-/m0/s1. The molecule has 9 heteroatoms. The van der Waals surface area contributed by atoms with Crippen molar-refractivity contribution in [2.24, 2.45) is 0 Å². The first-order chi connectivity index (χ1) is 7.56. The number of nitrogens with zero attached hydrogens (tertiary/aromatic N) is 2. The van der Waals surface area contributed by atoms with Crippen LogP contribution in [0.4, 0.5) is 4.79 Å². The van der Waals surface area contributed by atoms with Crippen LogP contribution in [0, 0.1) is 10.1 Å². The fourth-order valence-electron chi connectivity index (χ4n) is 1.29. The average Bonchev–Trinajstić information content (AvgIpc) is 2.58. The highest BCUT2D eigenvalue weighted by atomic mass is 32.2. The Morgan fingerprint density at radius 2 is 2.50 bits per heavy atom. The highest BCUT2D eigenvalue weighted by Gasteiger charge is 2.35. The van der Waals surface area contributed by atoms with Gasteiger partial charge in [0.15, 0.2) is 6.73 Å². The normalized spacial score (nSPS) is 19.7. The van der Waals surface area contributed by atoms with Crippen LogP contribution in [0.15, 0.2) is 0 Å². The Bertz CT molecular complexity index is 310. The smallest absolute Gasteiger partial charge is 0.296 e. The number of carbonyl (C=O) groups excluding carboxylic acids is 2. The first-order valence-corrected chi connectivity index (χ1v) is 5.53. The van der Waals surface area contributed by atoms with E-state index >= 15 is 0 Å². The van der Waals surface area contributed by atoms with Crippen LogP contribution in [0.2, 0.25) is 0 Å². The van der Waals surface area contributed by atoms with Crippen molar-refractivity contribution in [2.75, 3.05) is 19.0 Å². The second kappa shape index (κ2) is 5.54. The van der Waals surface area contributed by atoms with Crippen LogP contribution in [-0.4, -0.2) is 46.2 Å². The van der Waals surface area contributed by atoms with Crippen molar-refractivity contribution in [1.29, 1.82) is 0 Å². The third-order valence-electron chi connectivity index (χ3n) is 2.04. The molecule has 1 rings (SSSR count). The molecule has 8 nitrogen and oxygen atoms in total. The van der Waals surface area contributed by atoms with Gasteiger partial charge in [-0.2, -0.15) is 0 Å². The van der Waals surface area contributed by atoms with Gasteiger partial charge in [0.05, 0.1) is 0 Å². The van der Waals surface area contributed by atoms with Crippen LogP contribution < -0.4 is 5.32 Å². The maximum Gasteiger partial charge on any atom is 0.296 e. The summed E-state index contributed by atoms with van der Waals surface area (Å²) in [5, 5.41) is 10.9. The van der Waals surface area contributed by atoms with Gasteiger partial charge in [-0.15, -0.1) is 10.1 Å². The van der Waals surface area contributed by atoms with E-state index in [1.807, 2.05) is 0 Å². The van der Waals surface area contributed by atoms with Crippen molar-refractivity contribution < 1.29 is 19.5 Å². The van der Waals surface area contributed by atoms with Crippen molar-refractivity contribution in [1.82, 2.24) is 10.2 Å². The molecule has 1 saturated heterocycles. The molecule has 1 aliphatic heterocycles. The fraction of sp³-hybridized carbons (Fsp3) is 0.714. The van der Waals surface area contributed by atoms with Gasteiger partial charge in [-0.3, -0.25) is 14.4 Å². The Kier molecular flexibility index (Phi) is 4.35. The number of nitrogens with one attached hydrogen (secondary N) is 1. The Hall–Kier alpha value is -1.51. The maximum atomic E-state index is 11.5. The van der Waals surface area contributed by atoms with Gasteiger partial charge in [-0.1, -0.05) is 11.8 Å². The van der Waals surface area contributed by atoms with Crippen LogP contribution in [0.1, 0.15) is 6.92 Å². The van der Waals surface area contributed by atoms with E-state index in [0.717, 1.165) is 11.8 Å². The highest BCUT2D eigenvalue weighted by molar-refractivity contribution is 8.13. The molecule has 0 unspecified atom stereocenters. The molecule has 0 aromatic rings. The first-order valence-electron chi connectivity index (χ1n) is 4.54. The Morgan fingerprint density at radius 1 is 1.81 bits per heavy atom. The minimum atomic E-state index is -0.994. The molecule has 0 bridgehead atoms. The zero-order valence-corrected chi connectivity index (χ0v) is 9.36. The second-order valence-electron chi connectivity index (χ2n) is 2.92. The van der Waals surface area contributed by atoms with E-state index < -0.39 is 23.8 Å². The van der Waals surface area contributed by atoms with E-state index in [2.05, 4.69) is 10.2 Å². The van der Waals surface area contributed by atoms with E-state index in [9.17, 15) is 19.7 Å². The fourth-order valence-corrected chi connectivity index (χ4v) is 2.34. The summed E-state index contributed by atoms with van der Waals surface area (Å²) in [6.07, 6.45) is 0. The minimum Gasteiger partial charge on any atom is -0.332 e. The number of rotatable bonds is 5. The lowest BCUT2D eigenvalue weighted by molar-refractivity contribution is -0.758. The van der Waals surface area contributed by atoms with E-state index in [-0.39, 0.29) is 5.24 Å². The summed E-state index contributed by atoms with van der Waals surface area (Å²) in [6, 6.07) is -0.571. The summed E-state index contributed by atoms with van der Waals surface area (Å²) < 4.78 is 0. The Balaban J connectivity index is 2.41. The molecule has 0 spiro atoms. The van der Waals surface area contributed by atoms with Gasteiger partial charge in [0, 0.05) is 12.3 Å². The molecule has 90 valence electrons. The lowest BCUT2D eigenvalue weighted by Crippen LogP contribution is -2.46. The summed E-state index contributed by atoms with van der Waals surface area (Å²) in [5.74, 6) is -0.0844. The largest absolute Gasteiger partial charge is 0.332 e. The molecular formula is C7H11N3O5S. The molecule has 16 heavy (non-hydrogen) atoms. The second-order valence-corrected chi connectivity index (χ2v) is 3.89. The Morgan fingerprint density at radius 3 is 3.06 bits per heavy atom. The quantitative estimate of drug-likeness (QED) is 0.412. The molecule has 1 atom stereocenters. The maximum absolute atomic E-state index is 11.5. The molecule has 0 aliphatic carbocycles. The minimum absolute atomic E-state index is 0.155. The van der Waals surface area contributed by atoms with Gasteiger partial charge in [0.1, 0.15) is 6.04 Å². The molecule has 1 N–H and O–H groups in total. The summed E-state index contributed by atoms with van der Waals surface area (Å²) >= 11 is 1.06. The topological polar surface area (TPSA) is 102 Å². The summed E-state index contributed by atoms with van der Waals surface area (Å²) in [4.78, 5) is 38.0. The van der Waals surface area contributed by atoms with Gasteiger partial charge in [-0.25, -0.2) is 0 Å². The van der Waals surface area contributed by atoms with Crippen molar-refractivity contribution in [3.63, 3.8) is 0 Å². The van der Waals surface area contributed by atoms with E-state index in [4.69, 9.17) is 0 Å². The molecule has 1 aliphatic rings. The lowest BCUT2D eigenvalue weighted by Gasteiger charge is -2.20. The summed E-state index contributed by atoms with van der Waals surface area (Å²) in [6.45, 7) is 1.69. The number of amides is 2. The van der Waals surface area contributed by atoms with Crippen molar-refractivity contribution in [2.45, 2.75) is 13.0 Å². The number of hydrogen-bond donors (Lipinski definition) is 1. The zero-order valence-electron chi connectivity index (χ0n) is 8.54. The van der Waals surface area contributed by atoms with Gasteiger partial charge in [0.25, 0.3) is 10.3 Å². The van der Waals surface area contributed by atoms with E-state index in [1.165, 1.54) is 4.90 Å². The highest BCUT2D eigenvalue weighted by Crippen LogP contribution is 2.23. The van der Waals surface area contributed by atoms with Crippen LogP contribution in [0.3, 0.4) is 0 Å². The molecule has 0 aromatic carbocycles. The molecule has 2 amide bonds. The Labute approximate surface area is 95.4 Å². The molecule has 0 radical (unpaired) electrons. The third kappa shape index (κ3) is 2.99. The van der Waals surface area contributed by atoms with Gasteiger partial charge >= 0.3 is 0 Å². The molecular weight excluding hydrogens is 238 g/mol. The zero-order chi connectivity index (χ0) is 12.1. The number of likely N-dealkylation sites (N-methyl/N-ethyl adjacent to an activating group) is 1. The first kappa shape index (κ1) is 12.6. The predicted octanol–water partition coefficient (Wildman–Crippen LogP) is -0.174. The lowest BCUT2D eigenvalue weighted by atomic mass is 10.3. The molecule has 0 saturated carbocycles. The van der Waals surface area contributed by atoms with Crippen LogP contribution in [0.5, 0.6) is 0 Å². The molecule has 0 aromatic heterocycles. The number of carbonyl (C=O) groups is 2. The van der Waals surface area contributed by atoms with Crippen molar-refractivity contribution >= 4 is 22.9 Å². The van der Waals surface area contributed by atoms with Gasteiger partial charge in [0.2, 0.25) is 5.91 Å². The van der Waals surface area contributed by atoms with Crippen LogP contribution in [0.25, 0.3) is 0 Å². The molecule has 1 fully saturated rings. The van der Waals surface area contributed by atoms with E-state index in [1.54, 1.807) is 6.92 Å². The van der Waals surface area contributed by atoms with Crippen molar-refractivity contribution in [3.05, 3.63) is 10.1 Å². The van der Waals surface area contributed by atoms with Gasteiger partial charge in [-0.05, 0) is 6.92 Å². The van der Waals surface area contributed by atoms with Crippen molar-refractivity contribution in [3.8, 4) is 0 Å². The summed E-state index contributed by atoms with van der Waals surface area (Å²) in [7, 11) is 0. The van der Waals surface area contributed by atoms with Crippen LogP contribution in [-0.2, 0) is 9.63 Å². The monoisotopic (exact) mass is 249 g/mol. The average molecular weight is 249 g/mol. The number of thioether (sulfide) groups is 1. The number of hydrogen-bond acceptors (Lipinski definition) is 6. The van der Waals surface area contributed by atoms with Crippen LogP contribution >= 0.6 is 11.8 Å². The predicted molar refractivity (Wildman–Crippen MR) is 55.1 cm³/mol. The van der Waals surface area contributed by atoms with E-state index in [0.29, 0.717) is 12.3 Å². The SMILES string of the molecule is CCN1C(=O)SC[C@H]1C(=O)NCO[N+](=O)[O-]. The van der Waals surface area contributed by atoms with Gasteiger partial charge < -0.3 is 10.2 Å².